The van der Waals surface area contributed by atoms with Crippen molar-refractivity contribution in [3.05, 3.63) is 94.1 Å². The van der Waals surface area contributed by atoms with Gasteiger partial charge in [0.25, 0.3) is 11.8 Å². The summed E-state index contributed by atoms with van der Waals surface area (Å²) in [4.78, 5) is 74.1. The number of aromatic nitrogens is 3. The first kappa shape index (κ1) is 34.8. The van der Waals surface area contributed by atoms with Gasteiger partial charge in [-0.1, -0.05) is 18.2 Å². The Hall–Kier alpha value is -5.11. The zero-order valence-electron chi connectivity index (χ0n) is 26.1. The van der Waals surface area contributed by atoms with E-state index in [1.165, 1.54) is 41.3 Å². The number of carbonyl (C=O) groups excluding carboxylic acids is 4. The molecule has 0 spiro atoms. The lowest BCUT2D eigenvalue weighted by Crippen LogP contribution is -2.25. The van der Waals surface area contributed by atoms with Gasteiger partial charge in [0, 0.05) is 24.8 Å². The number of nitrogens with one attached hydrogen (secondary N) is 2. The molecule has 0 radical (unpaired) electrons. The monoisotopic (exact) mass is 667 g/mol. The summed E-state index contributed by atoms with van der Waals surface area (Å²) in [6, 6.07) is 10.3. The number of fused-ring (bicyclic) bond motifs is 1. The first-order valence-electron chi connectivity index (χ1n) is 14.5. The first-order chi connectivity index (χ1) is 22.3. The molecule has 16 heteroatoms. The number of amides is 2. The highest BCUT2D eigenvalue weighted by Gasteiger charge is 2.32. The number of rotatable bonds is 13. The minimum atomic E-state index is -4.73. The van der Waals surface area contributed by atoms with Gasteiger partial charge in [0.15, 0.2) is 0 Å². The third-order valence-electron chi connectivity index (χ3n) is 7.05. The van der Waals surface area contributed by atoms with Crippen LogP contribution in [0.3, 0.4) is 0 Å². The molecule has 0 bridgehead atoms. The van der Waals surface area contributed by atoms with E-state index in [4.69, 9.17) is 19.3 Å². The van der Waals surface area contributed by atoms with Gasteiger partial charge >= 0.3 is 19.8 Å². The molecule has 2 aromatic carbocycles. The highest BCUT2D eigenvalue weighted by atomic mass is 31.2. The van der Waals surface area contributed by atoms with E-state index in [1.807, 2.05) is 0 Å². The fourth-order valence-corrected chi connectivity index (χ4v) is 5.28. The molecule has 2 amide bonds. The molecule has 0 fully saturated rings. The SMILES string of the molecule is CCNC(=O)c1ccc(C)c(C(C(=O)OCOC(=O)Cc2ccc(OP(=O)(O)O)cc2)c2ncnn3cc(C(=O)NCC)c(C)c23)c1. The number of phosphoric acid groups is 1. The fraction of sp³-hybridized carbons (Fsp3) is 0.290. The summed E-state index contributed by atoms with van der Waals surface area (Å²) < 4.78 is 27.5. The summed E-state index contributed by atoms with van der Waals surface area (Å²) in [6.45, 7) is 7.09. The Labute approximate surface area is 269 Å². The van der Waals surface area contributed by atoms with Gasteiger partial charge in [-0.3, -0.25) is 29.0 Å². The highest BCUT2D eigenvalue weighted by molar-refractivity contribution is 7.46. The molecule has 4 N–H and O–H groups in total. The maximum absolute atomic E-state index is 13.9. The summed E-state index contributed by atoms with van der Waals surface area (Å²) in [6.07, 6.45) is 2.54. The van der Waals surface area contributed by atoms with E-state index in [0.29, 0.717) is 52.0 Å². The van der Waals surface area contributed by atoms with Crippen molar-refractivity contribution in [2.45, 2.75) is 40.0 Å². The smallest absolute Gasteiger partial charge is 0.428 e. The van der Waals surface area contributed by atoms with Crippen LogP contribution < -0.4 is 15.2 Å². The summed E-state index contributed by atoms with van der Waals surface area (Å²) in [5.41, 5.74) is 3.25. The van der Waals surface area contributed by atoms with E-state index >= 15 is 0 Å². The van der Waals surface area contributed by atoms with Crippen molar-refractivity contribution in [3.8, 4) is 5.75 Å². The number of hydrogen-bond acceptors (Lipinski definition) is 10. The molecule has 1 unspecified atom stereocenters. The zero-order valence-corrected chi connectivity index (χ0v) is 26.9. The van der Waals surface area contributed by atoms with Crippen molar-refractivity contribution >= 4 is 37.1 Å². The molecule has 248 valence electrons. The Morgan fingerprint density at radius 3 is 2.30 bits per heavy atom. The molecular formula is C31H34N5O10P. The summed E-state index contributed by atoms with van der Waals surface area (Å²) in [7, 11) is -4.73. The Morgan fingerprint density at radius 2 is 1.64 bits per heavy atom. The maximum Gasteiger partial charge on any atom is 0.524 e. The lowest BCUT2D eigenvalue weighted by Gasteiger charge is -2.20. The average Bonchev–Trinajstić information content (AvgIpc) is 3.35. The summed E-state index contributed by atoms with van der Waals surface area (Å²) in [5, 5.41) is 9.72. The molecule has 0 aliphatic carbocycles. The van der Waals surface area contributed by atoms with Crippen LogP contribution >= 0.6 is 7.82 Å². The molecule has 15 nitrogen and oxygen atoms in total. The second-order valence-corrected chi connectivity index (χ2v) is 11.5. The number of aryl methyl sites for hydroxylation is 2. The standard InChI is InChI=1S/C31H34N5O10P/c1-5-32-29(38)21-10-7-18(3)23(14-21)26(27-28-19(4)24(30(39)33-6-2)15-36(28)35-16-34-27)31(40)45-17-44-25(37)13-20-8-11-22(12-9-20)46-47(41,42)43/h7-12,14-16,26H,5-6,13,17H2,1-4H3,(H,32,38)(H,33,39)(H2,41,42,43). The van der Waals surface area contributed by atoms with Crippen LogP contribution in [-0.2, 0) is 30.0 Å². The molecule has 4 rings (SSSR count). The molecular weight excluding hydrogens is 633 g/mol. The van der Waals surface area contributed by atoms with E-state index < -0.39 is 32.5 Å². The largest absolute Gasteiger partial charge is 0.524 e. The average molecular weight is 668 g/mol. The van der Waals surface area contributed by atoms with Gasteiger partial charge in [-0.05, 0) is 74.2 Å². The van der Waals surface area contributed by atoms with Crippen LogP contribution in [0, 0.1) is 13.8 Å². The molecule has 1 atom stereocenters. The lowest BCUT2D eigenvalue weighted by atomic mass is 9.89. The van der Waals surface area contributed by atoms with Gasteiger partial charge < -0.3 is 24.6 Å². The Bertz CT molecular complexity index is 1850. The van der Waals surface area contributed by atoms with E-state index in [1.54, 1.807) is 45.9 Å². The molecule has 2 heterocycles. The number of hydrogen-bond donors (Lipinski definition) is 4. The van der Waals surface area contributed by atoms with Gasteiger partial charge in [-0.25, -0.2) is 14.1 Å². The second kappa shape index (κ2) is 15.0. The zero-order chi connectivity index (χ0) is 34.3. The molecule has 0 aliphatic heterocycles. The van der Waals surface area contributed by atoms with E-state index in [9.17, 15) is 23.7 Å². The first-order valence-corrected chi connectivity index (χ1v) is 16.0. The van der Waals surface area contributed by atoms with E-state index in [-0.39, 0.29) is 29.7 Å². The third-order valence-corrected chi connectivity index (χ3v) is 7.50. The maximum atomic E-state index is 13.9. The van der Waals surface area contributed by atoms with Crippen molar-refractivity contribution in [3.63, 3.8) is 0 Å². The quantitative estimate of drug-likeness (QED) is 0.0922. The molecule has 4 aromatic rings. The van der Waals surface area contributed by atoms with Crippen molar-refractivity contribution in [2.24, 2.45) is 0 Å². The van der Waals surface area contributed by atoms with Crippen LogP contribution in [0.4, 0.5) is 0 Å². The third kappa shape index (κ3) is 8.58. The molecule has 47 heavy (non-hydrogen) atoms. The van der Waals surface area contributed by atoms with Crippen LogP contribution in [0.1, 0.15) is 68.4 Å². The topological polar surface area (TPSA) is 208 Å². The molecule has 0 saturated heterocycles. The Morgan fingerprint density at radius 1 is 0.957 bits per heavy atom. The normalized spacial score (nSPS) is 11.9. The van der Waals surface area contributed by atoms with Crippen molar-refractivity contribution in [2.75, 3.05) is 19.9 Å². The molecule has 0 saturated carbocycles. The lowest BCUT2D eigenvalue weighted by molar-refractivity contribution is -0.167. The summed E-state index contributed by atoms with van der Waals surface area (Å²) >= 11 is 0. The van der Waals surface area contributed by atoms with E-state index in [0.717, 1.165) is 0 Å². The van der Waals surface area contributed by atoms with Crippen LogP contribution in [0.25, 0.3) is 5.52 Å². The number of nitrogens with zero attached hydrogens (tertiary/aromatic N) is 3. The molecule has 2 aromatic heterocycles. The minimum absolute atomic E-state index is 0.0860. The minimum Gasteiger partial charge on any atom is -0.428 e. The van der Waals surface area contributed by atoms with Crippen molar-refractivity contribution in [1.29, 1.82) is 0 Å². The highest BCUT2D eigenvalue weighted by Crippen LogP contribution is 2.37. The van der Waals surface area contributed by atoms with Gasteiger partial charge in [0.1, 0.15) is 18.0 Å². The Kier molecular flexibility index (Phi) is 11.1. The number of phosphoric ester groups is 1. The number of esters is 2. The van der Waals surface area contributed by atoms with Gasteiger partial charge in [-0.15, -0.1) is 0 Å². The predicted molar refractivity (Wildman–Crippen MR) is 167 cm³/mol. The number of ether oxygens (including phenoxy) is 2. The Balaban J connectivity index is 1.62. The van der Waals surface area contributed by atoms with Crippen molar-refractivity contribution in [1.82, 2.24) is 25.2 Å². The van der Waals surface area contributed by atoms with Gasteiger partial charge in [-0.2, -0.15) is 5.10 Å². The number of benzene rings is 2. The summed E-state index contributed by atoms with van der Waals surface area (Å²) in [5.74, 6) is -3.56. The second-order valence-electron chi connectivity index (χ2n) is 10.3. The van der Waals surface area contributed by atoms with Crippen LogP contribution in [-0.4, -0.2) is 68.0 Å². The van der Waals surface area contributed by atoms with Gasteiger partial charge in [0.05, 0.1) is 23.2 Å². The fourth-order valence-electron chi connectivity index (χ4n) is 4.89. The van der Waals surface area contributed by atoms with Gasteiger partial charge in [0.2, 0.25) is 6.79 Å². The van der Waals surface area contributed by atoms with Crippen LogP contribution in [0.5, 0.6) is 5.75 Å². The van der Waals surface area contributed by atoms with Crippen LogP contribution in [0.15, 0.2) is 55.0 Å². The predicted octanol–water partition coefficient (Wildman–Crippen LogP) is 2.74. The van der Waals surface area contributed by atoms with E-state index in [2.05, 4.69) is 25.2 Å². The number of carbonyl (C=O) groups is 4. The van der Waals surface area contributed by atoms with Crippen molar-refractivity contribution < 1.29 is 47.5 Å². The van der Waals surface area contributed by atoms with Crippen LogP contribution in [0.2, 0.25) is 0 Å². The molecule has 0 aliphatic rings.